The number of amides is 1. The zero-order valence-corrected chi connectivity index (χ0v) is 26.2. The van der Waals surface area contributed by atoms with Gasteiger partial charge in [-0.15, -0.1) is 17.5 Å². The highest BCUT2D eigenvalue weighted by molar-refractivity contribution is 9.10. The molecule has 0 aliphatic heterocycles. The molecule has 0 atom stereocenters. The largest absolute Gasteiger partial charge is 0.369 e. The summed E-state index contributed by atoms with van der Waals surface area (Å²) in [6, 6.07) is 16.2. The lowest BCUT2D eigenvalue weighted by molar-refractivity contribution is 0.0952. The quantitative estimate of drug-likeness (QED) is 0.138. The molecule has 220 valence electrons. The first-order chi connectivity index (χ1) is 19.5. The fourth-order valence-electron chi connectivity index (χ4n) is 4.72. The van der Waals surface area contributed by atoms with Crippen LogP contribution in [0.5, 0.6) is 0 Å². The van der Waals surface area contributed by atoms with E-state index in [1.54, 1.807) is 4.68 Å². The highest BCUT2D eigenvalue weighted by Gasteiger charge is 2.09. The standard InChI is InChI=1S/C31H40BrN7O.ClH/c1-2-3-5-8-24-11-15-26(16-12-24)30(40)34-19-20-38-23-28(36-37-38)9-6-4-7-10-29-21-35-31(33)39(29)22-25-13-17-27(32)18-14-25;/h11-18,21,23H,2-10,19-20,22H2,1H3,(H2,33,35)(H,34,40);1H. The number of aromatic nitrogens is 5. The molecule has 41 heavy (non-hydrogen) atoms. The smallest absolute Gasteiger partial charge is 0.251 e. The summed E-state index contributed by atoms with van der Waals surface area (Å²) >= 11 is 3.48. The summed E-state index contributed by atoms with van der Waals surface area (Å²) < 4.78 is 4.96. The zero-order valence-electron chi connectivity index (χ0n) is 23.8. The number of benzene rings is 2. The van der Waals surface area contributed by atoms with E-state index < -0.39 is 0 Å². The SMILES string of the molecule is CCCCCc1ccc(C(=O)NCCn2cc(CCCCCc3cnc(N)n3Cc3ccc(Br)cc3)nn2)cc1.Cl. The number of carbonyl (C=O) groups is 1. The molecule has 0 aliphatic carbocycles. The van der Waals surface area contributed by atoms with Crippen LogP contribution in [0.3, 0.4) is 0 Å². The minimum atomic E-state index is -0.0552. The first kappa shape index (κ1) is 32.3. The van der Waals surface area contributed by atoms with E-state index in [0.717, 1.165) is 60.9 Å². The van der Waals surface area contributed by atoms with Crippen LogP contribution in [0.1, 0.15) is 78.3 Å². The van der Waals surface area contributed by atoms with Crippen molar-refractivity contribution in [1.29, 1.82) is 0 Å². The van der Waals surface area contributed by atoms with Crippen molar-refractivity contribution in [3.05, 3.63) is 93.5 Å². The van der Waals surface area contributed by atoms with E-state index in [4.69, 9.17) is 5.73 Å². The molecule has 8 nitrogen and oxygen atoms in total. The maximum absolute atomic E-state index is 12.5. The first-order valence-corrected chi connectivity index (χ1v) is 15.1. The number of anilines is 1. The van der Waals surface area contributed by atoms with Gasteiger partial charge < -0.3 is 15.6 Å². The summed E-state index contributed by atoms with van der Waals surface area (Å²) in [7, 11) is 0. The molecular formula is C31H41BrClN7O. The van der Waals surface area contributed by atoms with E-state index in [9.17, 15) is 4.79 Å². The number of nitrogens with one attached hydrogen (secondary N) is 1. The number of rotatable bonds is 16. The van der Waals surface area contributed by atoms with Gasteiger partial charge in [-0.3, -0.25) is 9.48 Å². The van der Waals surface area contributed by atoms with Gasteiger partial charge in [0.25, 0.3) is 5.91 Å². The molecule has 4 aromatic rings. The molecule has 0 unspecified atom stereocenters. The number of nitrogens with two attached hydrogens (primary N) is 1. The summed E-state index contributed by atoms with van der Waals surface area (Å²) in [4.78, 5) is 16.8. The second kappa shape index (κ2) is 16.9. The first-order valence-electron chi connectivity index (χ1n) is 14.3. The lowest BCUT2D eigenvalue weighted by atomic mass is 10.1. The van der Waals surface area contributed by atoms with Crippen molar-refractivity contribution in [2.24, 2.45) is 0 Å². The van der Waals surface area contributed by atoms with E-state index in [-0.39, 0.29) is 18.3 Å². The minimum Gasteiger partial charge on any atom is -0.369 e. The third-order valence-electron chi connectivity index (χ3n) is 7.09. The van der Waals surface area contributed by atoms with Crippen LogP contribution in [-0.4, -0.2) is 37.0 Å². The third kappa shape index (κ3) is 10.3. The minimum absolute atomic E-state index is 0. The van der Waals surface area contributed by atoms with Gasteiger partial charge in [0.2, 0.25) is 5.95 Å². The molecule has 0 bridgehead atoms. The predicted molar refractivity (Wildman–Crippen MR) is 170 cm³/mol. The molecule has 1 amide bonds. The molecule has 0 radical (unpaired) electrons. The van der Waals surface area contributed by atoms with E-state index >= 15 is 0 Å². The van der Waals surface area contributed by atoms with Gasteiger partial charge in [0.1, 0.15) is 0 Å². The lowest BCUT2D eigenvalue weighted by Crippen LogP contribution is -2.27. The Kier molecular flexibility index (Phi) is 13.4. The summed E-state index contributed by atoms with van der Waals surface area (Å²) in [5, 5.41) is 11.5. The molecule has 0 fully saturated rings. The van der Waals surface area contributed by atoms with Crippen LogP contribution in [0.2, 0.25) is 0 Å². The van der Waals surface area contributed by atoms with Gasteiger partial charge in [0.15, 0.2) is 0 Å². The van der Waals surface area contributed by atoms with Crippen molar-refractivity contribution < 1.29 is 4.79 Å². The number of nitrogens with zero attached hydrogens (tertiary/aromatic N) is 5. The summed E-state index contributed by atoms with van der Waals surface area (Å²) in [5.41, 5.74) is 11.5. The fraction of sp³-hybridized carbons (Fsp3) is 0.419. The number of unbranched alkanes of at least 4 members (excludes halogenated alkanes) is 4. The van der Waals surface area contributed by atoms with E-state index in [1.165, 1.54) is 30.4 Å². The Morgan fingerprint density at radius 3 is 2.39 bits per heavy atom. The highest BCUT2D eigenvalue weighted by atomic mass is 79.9. The predicted octanol–water partition coefficient (Wildman–Crippen LogP) is 6.41. The molecule has 2 heterocycles. The Bertz CT molecular complexity index is 1340. The Morgan fingerprint density at radius 1 is 0.927 bits per heavy atom. The summed E-state index contributed by atoms with van der Waals surface area (Å²) in [6.07, 6.45) is 13.6. The van der Waals surface area contributed by atoms with Gasteiger partial charge in [0, 0.05) is 28.5 Å². The average Bonchev–Trinajstić information content (AvgIpc) is 3.56. The molecule has 0 saturated carbocycles. The van der Waals surface area contributed by atoms with Crippen molar-refractivity contribution in [3.63, 3.8) is 0 Å². The number of imidazole rings is 1. The molecule has 3 N–H and O–H groups in total. The molecule has 0 spiro atoms. The van der Waals surface area contributed by atoms with Gasteiger partial charge in [-0.1, -0.05) is 71.6 Å². The summed E-state index contributed by atoms with van der Waals surface area (Å²) in [6.45, 7) is 4.04. The Balaban J connectivity index is 0.00000462. The van der Waals surface area contributed by atoms with Gasteiger partial charge >= 0.3 is 0 Å². The Hall–Kier alpha value is -3.17. The Labute approximate surface area is 257 Å². The molecule has 4 rings (SSSR count). The van der Waals surface area contributed by atoms with Gasteiger partial charge in [0.05, 0.1) is 25.0 Å². The van der Waals surface area contributed by atoms with E-state index in [0.29, 0.717) is 24.6 Å². The summed E-state index contributed by atoms with van der Waals surface area (Å²) in [5.74, 6) is 0.502. The van der Waals surface area contributed by atoms with Gasteiger partial charge in [-0.2, -0.15) is 0 Å². The van der Waals surface area contributed by atoms with Crippen LogP contribution in [-0.2, 0) is 32.4 Å². The van der Waals surface area contributed by atoms with Crippen LogP contribution in [0.15, 0.2) is 65.4 Å². The van der Waals surface area contributed by atoms with Gasteiger partial charge in [-0.05, 0) is 73.9 Å². The number of hydrogen-bond donors (Lipinski definition) is 2. The Morgan fingerprint density at radius 2 is 1.63 bits per heavy atom. The monoisotopic (exact) mass is 641 g/mol. The van der Waals surface area contributed by atoms with Crippen LogP contribution in [0.25, 0.3) is 0 Å². The van der Waals surface area contributed by atoms with Crippen molar-refractivity contribution in [2.75, 3.05) is 12.3 Å². The third-order valence-corrected chi connectivity index (χ3v) is 7.62. The molecule has 2 aromatic carbocycles. The second-order valence-electron chi connectivity index (χ2n) is 10.3. The van der Waals surface area contributed by atoms with Gasteiger partial charge in [-0.25, -0.2) is 4.98 Å². The number of nitrogen functional groups attached to an aromatic ring is 1. The van der Waals surface area contributed by atoms with Crippen molar-refractivity contribution >= 4 is 40.2 Å². The maximum Gasteiger partial charge on any atom is 0.251 e. The molecular weight excluding hydrogens is 602 g/mol. The molecule has 0 aliphatic rings. The molecule has 0 saturated heterocycles. The van der Waals surface area contributed by atoms with E-state index in [2.05, 4.69) is 72.3 Å². The lowest BCUT2D eigenvalue weighted by Gasteiger charge is -2.10. The normalized spacial score (nSPS) is 10.9. The number of hydrogen-bond acceptors (Lipinski definition) is 5. The van der Waals surface area contributed by atoms with Crippen LogP contribution in [0, 0.1) is 0 Å². The number of halogens is 2. The van der Waals surface area contributed by atoms with Crippen molar-refractivity contribution in [2.45, 2.75) is 77.8 Å². The maximum atomic E-state index is 12.5. The number of carbonyl (C=O) groups excluding carboxylic acids is 1. The molecule has 10 heteroatoms. The topological polar surface area (TPSA) is 104 Å². The van der Waals surface area contributed by atoms with Crippen molar-refractivity contribution in [3.8, 4) is 0 Å². The van der Waals surface area contributed by atoms with Crippen LogP contribution in [0.4, 0.5) is 5.95 Å². The fourth-order valence-corrected chi connectivity index (χ4v) is 4.99. The second-order valence-corrected chi connectivity index (χ2v) is 11.2. The van der Waals surface area contributed by atoms with Crippen molar-refractivity contribution in [1.82, 2.24) is 29.9 Å². The number of aryl methyl sites for hydroxylation is 3. The average molecular weight is 643 g/mol. The van der Waals surface area contributed by atoms with Crippen LogP contribution >= 0.6 is 28.3 Å². The van der Waals surface area contributed by atoms with Crippen LogP contribution < -0.4 is 11.1 Å². The highest BCUT2D eigenvalue weighted by Crippen LogP contribution is 2.17. The van der Waals surface area contributed by atoms with E-state index in [1.807, 2.05) is 36.7 Å². The molecule has 2 aromatic heterocycles. The zero-order chi connectivity index (χ0) is 28.2.